The van der Waals surface area contributed by atoms with Crippen molar-refractivity contribution in [2.45, 2.75) is 39.5 Å². The maximum atomic E-state index is 5.92. The van der Waals surface area contributed by atoms with Crippen LogP contribution in [0.15, 0.2) is 34.9 Å². The number of nitrogens with zero attached hydrogens (tertiary/aromatic N) is 2. The van der Waals surface area contributed by atoms with Gasteiger partial charge in [0.05, 0.1) is 5.69 Å². The van der Waals surface area contributed by atoms with Gasteiger partial charge in [0.25, 0.3) is 0 Å². The van der Waals surface area contributed by atoms with E-state index in [1.54, 1.807) is 4.68 Å². The van der Waals surface area contributed by atoms with Gasteiger partial charge in [-0.3, -0.25) is 4.68 Å². The maximum absolute atomic E-state index is 5.92. The Morgan fingerprint density at radius 3 is 2.67 bits per heavy atom. The first-order valence-corrected chi connectivity index (χ1v) is 7.77. The second-order valence-electron chi connectivity index (χ2n) is 6.13. The minimum absolute atomic E-state index is 0.0700. The standard InChI is InChI=1S/C16H22BrN3O/c1-16(2,3)18-10-12-9-13(17)5-6-15(12)21-11-14-7-8-20(4)19-14/h5-9,18H,10-11H2,1-4H3. The van der Waals surface area contributed by atoms with Crippen molar-refractivity contribution in [1.29, 1.82) is 0 Å². The molecule has 5 heteroatoms. The number of aromatic nitrogens is 2. The van der Waals surface area contributed by atoms with Crippen LogP contribution in [-0.4, -0.2) is 15.3 Å². The Balaban J connectivity index is 2.07. The predicted molar refractivity (Wildman–Crippen MR) is 88.3 cm³/mol. The molecule has 0 saturated carbocycles. The fourth-order valence-corrected chi connectivity index (χ4v) is 2.29. The van der Waals surface area contributed by atoms with Crippen molar-refractivity contribution in [3.8, 4) is 5.75 Å². The van der Waals surface area contributed by atoms with Crippen LogP contribution in [0, 0.1) is 0 Å². The van der Waals surface area contributed by atoms with E-state index >= 15 is 0 Å². The fourth-order valence-electron chi connectivity index (χ4n) is 1.88. The molecule has 1 aromatic heterocycles. The molecule has 0 atom stereocenters. The van der Waals surface area contributed by atoms with Crippen LogP contribution in [0.2, 0.25) is 0 Å². The van der Waals surface area contributed by atoms with Crippen molar-refractivity contribution in [2.24, 2.45) is 7.05 Å². The SMILES string of the molecule is Cn1ccc(COc2ccc(Br)cc2CNC(C)(C)C)n1. The lowest BCUT2D eigenvalue weighted by atomic mass is 10.1. The zero-order valence-electron chi connectivity index (χ0n) is 13.0. The van der Waals surface area contributed by atoms with E-state index < -0.39 is 0 Å². The number of hydrogen-bond acceptors (Lipinski definition) is 3. The molecule has 0 aliphatic rings. The molecule has 1 N–H and O–H groups in total. The number of hydrogen-bond donors (Lipinski definition) is 1. The van der Waals surface area contributed by atoms with E-state index in [4.69, 9.17) is 4.74 Å². The third-order valence-electron chi connectivity index (χ3n) is 2.98. The highest BCUT2D eigenvalue weighted by molar-refractivity contribution is 9.10. The van der Waals surface area contributed by atoms with Gasteiger partial charge in [0.15, 0.2) is 0 Å². The van der Waals surface area contributed by atoms with Gasteiger partial charge in [-0.25, -0.2) is 0 Å². The topological polar surface area (TPSA) is 39.1 Å². The number of rotatable bonds is 5. The van der Waals surface area contributed by atoms with Gasteiger partial charge in [-0.1, -0.05) is 15.9 Å². The van der Waals surface area contributed by atoms with E-state index in [-0.39, 0.29) is 5.54 Å². The molecule has 2 aromatic rings. The van der Waals surface area contributed by atoms with Crippen LogP contribution >= 0.6 is 15.9 Å². The third kappa shape index (κ3) is 5.17. The molecule has 1 heterocycles. The second kappa shape index (κ2) is 6.62. The van der Waals surface area contributed by atoms with Gasteiger partial charge in [0.2, 0.25) is 0 Å². The van der Waals surface area contributed by atoms with Gasteiger partial charge in [-0.2, -0.15) is 5.10 Å². The van der Waals surface area contributed by atoms with Gasteiger partial charge in [-0.05, 0) is 45.0 Å². The number of benzene rings is 1. The first-order valence-electron chi connectivity index (χ1n) is 6.98. The molecule has 0 unspecified atom stereocenters. The molecule has 4 nitrogen and oxygen atoms in total. The fraction of sp³-hybridized carbons (Fsp3) is 0.438. The van der Waals surface area contributed by atoms with E-state index in [1.807, 2.05) is 31.4 Å². The third-order valence-corrected chi connectivity index (χ3v) is 3.47. The van der Waals surface area contributed by atoms with Crippen LogP contribution in [-0.2, 0) is 20.2 Å². The molecule has 2 rings (SSSR count). The molecule has 1 aromatic carbocycles. The zero-order chi connectivity index (χ0) is 15.5. The summed E-state index contributed by atoms with van der Waals surface area (Å²) in [6.45, 7) is 7.70. The molecular formula is C16H22BrN3O. The molecule has 0 bridgehead atoms. The Labute approximate surface area is 134 Å². The van der Waals surface area contributed by atoms with Gasteiger partial charge in [-0.15, -0.1) is 0 Å². The molecule has 0 spiro atoms. The molecule has 0 aliphatic heterocycles. The molecule has 0 amide bonds. The summed E-state index contributed by atoms with van der Waals surface area (Å²) in [6.07, 6.45) is 1.92. The number of halogens is 1. The molecule has 114 valence electrons. The number of aryl methyl sites for hydroxylation is 1. The molecule has 0 radical (unpaired) electrons. The van der Waals surface area contributed by atoms with Crippen molar-refractivity contribution in [2.75, 3.05) is 0 Å². The van der Waals surface area contributed by atoms with E-state index in [0.717, 1.165) is 28.0 Å². The van der Waals surface area contributed by atoms with Crippen molar-refractivity contribution < 1.29 is 4.74 Å². The maximum Gasteiger partial charge on any atom is 0.132 e. The van der Waals surface area contributed by atoms with E-state index in [1.165, 1.54) is 0 Å². The van der Waals surface area contributed by atoms with Gasteiger partial charge >= 0.3 is 0 Å². The van der Waals surface area contributed by atoms with Crippen LogP contribution in [0.25, 0.3) is 0 Å². The Morgan fingerprint density at radius 1 is 1.29 bits per heavy atom. The summed E-state index contributed by atoms with van der Waals surface area (Å²) in [4.78, 5) is 0. The van der Waals surface area contributed by atoms with Gasteiger partial charge in [0, 0.05) is 35.4 Å². The van der Waals surface area contributed by atoms with Crippen molar-refractivity contribution in [3.63, 3.8) is 0 Å². The summed E-state index contributed by atoms with van der Waals surface area (Å²) in [7, 11) is 1.90. The molecular weight excluding hydrogens is 330 g/mol. The van der Waals surface area contributed by atoms with Crippen LogP contribution in [0.5, 0.6) is 5.75 Å². The lowest BCUT2D eigenvalue weighted by Gasteiger charge is -2.21. The summed E-state index contributed by atoms with van der Waals surface area (Å²) in [5.74, 6) is 0.889. The van der Waals surface area contributed by atoms with Crippen LogP contribution < -0.4 is 10.1 Å². The van der Waals surface area contributed by atoms with Gasteiger partial charge < -0.3 is 10.1 Å². The number of ether oxygens (including phenoxy) is 1. The van der Waals surface area contributed by atoms with E-state index in [9.17, 15) is 0 Å². The monoisotopic (exact) mass is 351 g/mol. The Hall–Kier alpha value is -1.33. The first-order chi connectivity index (χ1) is 9.83. The van der Waals surface area contributed by atoms with Crippen molar-refractivity contribution in [1.82, 2.24) is 15.1 Å². The Bertz CT molecular complexity index is 602. The summed E-state index contributed by atoms with van der Waals surface area (Å²) in [6, 6.07) is 8.04. The van der Waals surface area contributed by atoms with E-state index in [2.05, 4.69) is 53.2 Å². The lowest BCUT2D eigenvalue weighted by Crippen LogP contribution is -2.35. The summed E-state index contributed by atoms with van der Waals surface area (Å²) < 4.78 is 8.75. The minimum atomic E-state index is 0.0700. The summed E-state index contributed by atoms with van der Waals surface area (Å²) >= 11 is 3.52. The normalized spacial score (nSPS) is 11.7. The highest BCUT2D eigenvalue weighted by atomic mass is 79.9. The molecule has 0 aliphatic carbocycles. The predicted octanol–water partition coefficient (Wildman–Crippen LogP) is 3.65. The zero-order valence-corrected chi connectivity index (χ0v) is 14.6. The second-order valence-corrected chi connectivity index (χ2v) is 7.04. The Morgan fingerprint density at radius 2 is 2.05 bits per heavy atom. The average molecular weight is 352 g/mol. The van der Waals surface area contributed by atoms with Gasteiger partial charge in [0.1, 0.15) is 12.4 Å². The van der Waals surface area contributed by atoms with Crippen LogP contribution in [0.3, 0.4) is 0 Å². The van der Waals surface area contributed by atoms with Crippen molar-refractivity contribution >= 4 is 15.9 Å². The minimum Gasteiger partial charge on any atom is -0.487 e. The van der Waals surface area contributed by atoms with Crippen LogP contribution in [0.1, 0.15) is 32.0 Å². The highest BCUT2D eigenvalue weighted by Crippen LogP contribution is 2.24. The molecule has 21 heavy (non-hydrogen) atoms. The van der Waals surface area contributed by atoms with Crippen molar-refractivity contribution in [3.05, 3.63) is 46.2 Å². The quantitative estimate of drug-likeness (QED) is 0.893. The smallest absolute Gasteiger partial charge is 0.132 e. The highest BCUT2D eigenvalue weighted by Gasteiger charge is 2.12. The largest absolute Gasteiger partial charge is 0.487 e. The van der Waals surface area contributed by atoms with E-state index in [0.29, 0.717) is 6.61 Å². The molecule has 0 saturated heterocycles. The Kier molecular flexibility index (Phi) is 5.06. The molecule has 0 fully saturated rings. The van der Waals surface area contributed by atoms with Crippen LogP contribution in [0.4, 0.5) is 0 Å². The average Bonchev–Trinajstić information content (AvgIpc) is 2.80. The number of nitrogens with one attached hydrogen (secondary N) is 1. The summed E-state index contributed by atoms with van der Waals surface area (Å²) in [5, 5.41) is 7.81. The summed E-state index contributed by atoms with van der Waals surface area (Å²) in [5.41, 5.74) is 2.13. The lowest BCUT2D eigenvalue weighted by molar-refractivity contribution is 0.294. The first kappa shape index (κ1) is 16.0.